The Morgan fingerprint density at radius 3 is 2.22 bits per heavy atom. The van der Waals surface area contributed by atoms with E-state index in [0.29, 0.717) is 23.4 Å². The van der Waals surface area contributed by atoms with E-state index in [0.717, 1.165) is 0 Å². The summed E-state index contributed by atoms with van der Waals surface area (Å²) in [6.45, 7) is 0.302. The van der Waals surface area contributed by atoms with Crippen molar-refractivity contribution in [3.05, 3.63) is 41.7 Å². The Kier molecular flexibility index (Phi) is 9.46. The van der Waals surface area contributed by atoms with Crippen LogP contribution in [0.3, 0.4) is 0 Å². The molecule has 216 valence electrons. The van der Waals surface area contributed by atoms with E-state index in [2.05, 4.69) is 25.3 Å². The molecule has 0 saturated carbocycles. The number of benzene rings is 1. The number of fused-ring (bicyclic) bond motifs is 1. The number of nitrogens with zero attached hydrogens (tertiary/aromatic N) is 5. The Hall–Kier alpha value is -5.61. The molecule has 0 aliphatic carbocycles. The van der Waals surface area contributed by atoms with Crippen LogP contribution in [0.15, 0.2) is 30.5 Å². The van der Waals surface area contributed by atoms with E-state index in [4.69, 9.17) is 21.7 Å². The minimum absolute atomic E-state index is 0.0187. The van der Waals surface area contributed by atoms with Crippen molar-refractivity contribution >= 4 is 58.3 Å². The maximum atomic E-state index is 12.8. The summed E-state index contributed by atoms with van der Waals surface area (Å²) < 4.78 is 0. The SMILES string of the molecule is CN(Cc1cnc2nc(N)nc(N)c2n1)c1ccc(C(=O)NC(CCC(=O)O)C(=O)N[C@@H](CC(=O)O)C(=O)O)cc1. The van der Waals surface area contributed by atoms with E-state index in [-0.39, 0.29) is 29.4 Å². The number of amides is 2. The second-order valence-corrected chi connectivity index (χ2v) is 8.86. The molecular formula is C24H27N9O8. The Morgan fingerprint density at radius 1 is 0.927 bits per heavy atom. The summed E-state index contributed by atoms with van der Waals surface area (Å²) in [4.78, 5) is 77.0. The lowest BCUT2D eigenvalue weighted by molar-refractivity contribution is -0.147. The molecule has 2 amide bonds. The molecule has 0 aliphatic rings. The predicted octanol–water partition coefficient (Wildman–Crippen LogP) is -0.772. The van der Waals surface area contributed by atoms with Crippen LogP contribution in [0.1, 0.15) is 35.3 Å². The summed E-state index contributed by atoms with van der Waals surface area (Å²) in [6.07, 6.45) is -0.264. The van der Waals surface area contributed by atoms with Gasteiger partial charge in [0.1, 0.15) is 12.1 Å². The number of hydrogen-bond donors (Lipinski definition) is 7. The van der Waals surface area contributed by atoms with Gasteiger partial charge in [0.05, 0.1) is 24.9 Å². The number of hydrogen-bond acceptors (Lipinski definition) is 12. The second kappa shape index (κ2) is 13.0. The molecule has 1 unspecified atom stereocenters. The number of carbonyl (C=O) groups is 5. The molecule has 3 aromatic rings. The Balaban J connectivity index is 1.69. The van der Waals surface area contributed by atoms with E-state index < -0.39 is 54.6 Å². The first-order chi connectivity index (χ1) is 19.3. The van der Waals surface area contributed by atoms with Gasteiger partial charge in [0.2, 0.25) is 11.9 Å². The van der Waals surface area contributed by atoms with Crippen LogP contribution < -0.4 is 27.0 Å². The van der Waals surface area contributed by atoms with Gasteiger partial charge >= 0.3 is 17.9 Å². The zero-order valence-corrected chi connectivity index (χ0v) is 21.6. The number of aliphatic carboxylic acids is 3. The molecule has 0 fully saturated rings. The van der Waals surface area contributed by atoms with Crippen LogP contribution in [0.25, 0.3) is 11.2 Å². The lowest BCUT2D eigenvalue weighted by atomic mass is 10.1. The molecule has 0 saturated heterocycles. The number of anilines is 3. The molecular weight excluding hydrogens is 542 g/mol. The van der Waals surface area contributed by atoms with Crippen LogP contribution in [0, 0.1) is 0 Å². The maximum Gasteiger partial charge on any atom is 0.326 e. The zero-order valence-electron chi connectivity index (χ0n) is 21.6. The van der Waals surface area contributed by atoms with E-state index in [9.17, 15) is 29.1 Å². The molecule has 0 radical (unpaired) electrons. The molecule has 17 heteroatoms. The molecule has 9 N–H and O–H groups in total. The Bertz CT molecular complexity index is 1480. The van der Waals surface area contributed by atoms with Crippen LogP contribution in [0.2, 0.25) is 0 Å². The molecule has 2 aromatic heterocycles. The molecule has 1 aromatic carbocycles. The number of nitrogens with one attached hydrogen (secondary N) is 2. The normalized spacial score (nSPS) is 12.2. The molecule has 0 aliphatic heterocycles. The lowest BCUT2D eigenvalue weighted by Gasteiger charge is -2.21. The van der Waals surface area contributed by atoms with Gasteiger partial charge in [-0.2, -0.15) is 9.97 Å². The summed E-state index contributed by atoms with van der Waals surface area (Å²) in [5, 5.41) is 31.5. The highest BCUT2D eigenvalue weighted by atomic mass is 16.4. The lowest BCUT2D eigenvalue weighted by Crippen LogP contribution is -2.52. The molecule has 0 bridgehead atoms. The number of carboxylic acid groups (broad SMARTS) is 3. The monoisotopic (exact) mass is 569 g/mol. The summed E-state index contributed by atoms with van der Waals surface area (Å²) in [5.74, 6) is -6.00. The van der Waals surface area contributed by atoms with Crippen LogP contribution >= 0.6 is 0 Å². The van der Waals surface area contributed by atoms with Gasteiger partial charge in [-0.25, -0.2) is 14.8 Å². The third kappa shape index (κ3) is 8.19. The fraction of sp³-hybridized carbons (Fsp3) is 0.292. The first kappa shape index (κ1) is 29.9. The summed E-state index contributed by atoms with van der Waals surface area (Å²) >= 11 is 0. The van der Waals surface area contributed by atoms with Gasteiger partial charge in [0.15, 0.2) is 17.0 Å². The van der Waals surface area contributed by atoms with Gasteiger partial charge in [-0.15, -0.1) is 0 Å². The third-order valence-corrected chi connectivity index (χ3v) is 5.73. The summed E-state index contributed by atoms with van der Waals surface area (Å²) in [7, 11) is 1.77. The first-order valence-corrected chi connectivity index (χ1v) is 12.0. The standard InChI is InChI=1S/C24H27N9O8/c1-33(10-12-9-27-20-18(28-12)19(25)31-24(26)32-20)13-4-2-11(3-5-13)21(38)29-14(6-7-16(34)35)22(39)30-15(23(40)41)8-17(36)37/h2-5,9,14-15H,6-8,10H2,1H3,(H,29,38)(H,30,39)(H,34,35)(H,36,37)(H,40,41)(H4,25,26,27,31,32)/t14?,15-/m0/s1. The largest absolute Gasteiger partial charge is 0.481 e. The van der Waals surface area contributed by atoms with Crippen molar-refractivity contribution < 1.29 is 39.3 Å². The quantitative estimate of drug-likeness (QED) is 0.133. The third-order valence-electron chi connectivity index (χ3n) is 5.73. The summed E-state index contributed by atoms with van der Waals surface area (Å²) in [5.41, 5.74) is 13.4. The van der Waals surface area contributed by atoms with Gasteiger partial charge in [-0.05, 0) is 30.7 Å². The molecule has 41 heavy (non-hydrogen) atoms. The highest BCUT2D eigenvalue weighted by Crippen LogP contribution is 2.19. The zero-order chi connectivity index (χ0) is 30.3. The van der Waals surface area contributed by atoms with E-state index in [1.54, 1.807) is 19.2 Å². The highest BCUT2D eigenvalue weighted by molar-refractivity contribution is 5.98. The first-order valence-electron chi connectivity index (χ1n) is 12.0. The number of nitrogens with two attached hydrogens (primary N) is 2. The molecule has 2 atom stereocenters. The van der Waals surface area contributed by atoms with E-state index in [1.807, 2.05) is 10.2 Å². The van der Waals surface area contributed by atoms with Crippen LogP contribution in [-0.2, 0) is 25.7 Å². The van der Waals surface area contributed by atoms with Crippen LogP contribution in [0.5, 0.6) is 0 Å². The molecule has 2 heterocycles. The van der Waals surface area contributed by atoms with Crippen molar-refractivity contribution in [1.29, 1.82) is 0 Å². The smallest absolute Gasteiger partial charge is 0.326 e. The predicted molar refractivity (Wildman–Crippen MR) is 142 cm³/mol. The van der Waals surface area contributed by atoms with Crippen molar-refractivity contribution in [3.8, 4) is 0 Å². The average Bonchev–Trinajstić information content (AvgIpc) is 2.90. The van der Waals surface area contributed by atoms with Crippen molar-refractivity contribution in [2.24, 2.45) is 0 Å². The van der Waals surface area contributed by atoms with Gasteiger partial charge in [-0.3, -0.25) is 19.2 Å². The molecule has 0 spiro atoms. The minimum Gasteiger partial charge on any atom is -0.481 e. The number of carbonyl (C=O) groups excluding carboxylic acids is 2. The van der Waals surface area contributed by atoms with Crippen molar-refractivity contribution in [2.75, 3.05) is 23.4 Å². The number of carboxylic acids is 3. The van der Waals surface area contributed by atoms with E-state index in [1.165, 1.54) is 18.3 Å². The van der Waals surface area contributed by atoms with E-state index >= 15 is 0 Å². The van der Waals surface area contributed by atoms with Crippen LogP contribution in [-0.4, -0.2) is 84.1 Å². The fourth-order valence-corrected chi connectivity index (χ4v) is 3.69. The van der Waals surface area contributed by atoms with Gasteiger partial charge in [0.25, 0.3) is 5.91 Å². The van der Waals surface area contributed by atoms with Crippen LogP contribution in [0.4, 0.5) is 17.5 Å². The number of nitrogen functional groups attached to an aromatic ring is 2. The Labute approximate surface area is 231 Å². The summed E-state index contributed by atoms with van der Waals surface area (Å²) in [6, 6.07) is 2.99. The van der Waals surface area contributed by atoms with Crippen molar-refractivity contribution in [1.82, 2.24) is 30.6 Å². The van der Waals surface area contributed by atoms with Crippen molar-refractivity contribution in [3.63, 3.8) is 0 Å². The second-order valence-electron chi connectivity index (χ2n) is 8.86. The molecule has 17 nitrogen and oxygen atoms in total. The molecule has 3 rings (SSSR count). The fourth-order valence-electron chi connectivity index (χ4n) is 3.69. The van der Waals surface area contributed by atoms with Gasteiger partial charge in [-0.1, -0.05) is 0 Å². The minimum atomic E-state index is -1.77. The number of aromatic nitrogens is 4. The van der Waals surface area contributed by atoms with Gasteiger partial charge in [0, 0.05) is 24.7 Å². The highest BCUT2D eigenvalue weighted by Gasteiger charge is 2.29. The maximum absolute atomic E-state index is 12.8. The topological polar surface area (TPSA) is 277 Å². The number of rotatable bonds is 13. The van der Waals surface area contributed by atoms with Gasteiger partial charge < -0.3 is 42.3 Å². The van der Waals surface area contributed by atoms with Crippen molar-refractivity contribution in [2.45, 2.75) is 37.9 Å². The average molecular weight is 570 g/mol. The Morgan fingerprint density at radius 2 is 1.61 bits per heavy atom.